The van der Waals surface area contributed by atoms with E-state index in [9.17, 15) is 20.0 Å². The number of para-hydroxylation sites is 1. The van der Waals surface area contributed by atoms with Crippen molar-refractivity contribution in [2.24, 2.45) is 0 Å². The number of nitrogens with zero attached hydrogens (tertiary/aromatic N) is 2. The third-order valence-corrected chi connectivity index (χ3v) is 3.62. The van der Waals surface area contributed by atoms with Crippen LogP contribution >= 0.6 is 0 Å². The Kier molecular flexibility index (Phi) is 3.76. The van der Waals surface area contributed by atoms with Gasteiger partial charge in [0, 0.05) is 11.6 Å². The van der Waals surface area contributed by atoms with Gasteiger partial charge in [-0.1, -0.05) is 18.2 Å². The minimum atomic E-state index is -1.07. The van der Waals surface area contributed by atoms with E-state index in [4.69, 9.17) is 4.42 Å². The van der Waals surface area contributed by atoms with Crippen molar-refractivity contribution in [2.75, 3.05) is 0 Å². The molecule has 0 aliphatic rings. The predicted molar refractivity (Wildman–Crippen MR) is 81.2 cm³/mol. The highest BCUT2D eigenvalue weighted by atomic mass is 16.6. The molecule has 2 heterocycles. The van der Waals surface area contributed by atoms with Crippen LogP contribution in [-0.4, -0.2) is 21.0 Å². The largest absolute Gasteiger partial charge is 0.481 e. The number of benzene rings is 1. The second-order valence-electron chi connectivity index (χ2n) is 4.99. The van der Waals surface area contributed by atoms with Crippen LogP contribution < -0.4 is 0 Å². The molecule has 23 heavy (non-hydrogen) atoms. The van der Waals surface area contributed by atoms with Crippen LogP contribution in [0.2, 0.25) is 0 Å². The van der Waals surface area contributed by atoms with Gasteiger partial charge in [0.2, 0.25) is 0 Å². The molecule has 2 aromatic heterocycles. The molecule has 1 aromatic carbocycles. The van der Waals surface area contributed by atoms with Gasteiger partial charge in [-0.3, -0.25) is 19.9 Å². The molecule has 0 spiro atoms. The van der Waals surface area contributed by atoms with Crippen molar-refractivity contribution in [1.29, 1.82) is 0 Å². The fourth-order valence-corrected chi connectivity index (χ4v) is 2.67. The van der Waals surface area contributed by atoms with Gasteiger partial charge in [-0.2, -0.15) is 0 Å². The monoisotopic (exact) mass is 312 g/mol. The Morgan fingerprint density at radius 2 is 2.09 bits per heavy atom. The van der Waals surface area contributed by atoms with E-state index in [1.54, 1.807) is 24.4 Å². The maximum atomic E-state index is 11.3. The Morgan fingerprint density at radius 3 is 2.83 bits per heavy atom. The molecule has 1 unspecified atom stereocenters. The summed E-state index contributed by atoms with van der Waals surface area (Å²) in [6.07, 6.45) is 2.44. The standard InChI is InChI=1S/C16H12N2O5/c19-15(20)9-12(16-14(18(21)22)6-8-23-16)10-5-7-17-13-4-2-1-3-11(10)13/h1-8,12H,9H2,(H,19,20). The summed E-state index contributed by atoms with van der Waals surface area (Å²) in [4.78, 5) is 26.1. The minimum Gasteiger partial charge on any atom is -0.481 e. The summed E-state index contributed by atoms with van der Waals surface area (Å²) in [6, 6.07) is 10.1. The summed E-state index contributed by atoms with van der Waals surface area (Å²) in [5.74, 6) is -1.80. The highest BCUT2D eigenvalue weighted by molar-refractivity contribution is 5.84. The van der Waals surface area contributed by atoms with E-state index in [-0.39, 0.29) is 17.9 Å². The van der Waals surface area contributed by atoms with Crippen molar-refractivity contribution in [2.45, 2.75) is 12.3 Å². The van der Waals surface area contributed by atoms with Crippen molar-refractivity contribution >= 4 is 22.6 Å². The Morgan fingerprint density at radius 1 is 1.30 bits per heavy atom. The van der Waals surface area contributed by atoms with Gasteiger partial charge in [0.25, 0.3) is 0 Å². The molecule has 0 aliphatic carbocycles. The lowest BCUT2D eigenvalue weighted by molar-refractivity contribution is -0.386. The first-order valence-electron chi connectivity index (χ1n) is 6.85. The number of hydrogen-bond acceptors (Lipinski definition) is 5. The number of rotatable bonds is 5. The number of nitro groups is 1. The van der Waals surface area contributed by atoms with E-state index in [0.29, 0.717) is 11.1 Å². The molecule has 0 saturated carbocycles. The zero-order valence-electron chi connectivity index (χ0n) is 11.9. The van der Waals surface area contributed by atoms with Crippen LogP contribution in [0.15, 0.2) is 53.3 Å². The normalized spacial score (nSPS) is 12.2. The van der Waals surface area contributed by atoms with Crippen molar-refractivity contribution in [3.05, 3.63) is 70.3 Å². The van der Waals surface area contributed by atoms with Crippen LogP contribution in [0.5, 0.6) is 0 Å². The second-order valence-corrected chi connectivity index (χ2v) is 4.99. The molecule has 1 atom stereocenters. The molecule has 0 saturated heterocycles. The summed E-state index contributed by atoms with van der Waals surface area (Å²) >= 11 is 0. The van der Waals surface area contributed by atoms with Gasteiger partial charge in [0.15, 0.2) is 5.76 Å². The summed E-state index contributed by atoms with van der Waals surface area (Å²) in [5, 5.41) is 21.1. The second kappa shape index (κ2) is 5.88. The highest BCUT2D eigenvalue weighted by Crippen LogP contribution is 2.37. The van der Waals surface area contributed by atoms with Crippen molar-refractivity contribution in [3.63, 3.8) is 0 Å². The first-order valence-corrected chi connectivity index (χ1v) is 6.85. The van der Waals surface area contributed by atoms with E-state index in [2.05, 4.69) is 4.98 Å². The van der Waals surface area contributed by atoms with Crippen LogP contribution in [-0.2, 0) is 4.79 Å². The topological polar surface area (TPSA) is 106 Å². The number of carboxylic acid groups (broad SMARTS) is 1. The highest BCUT2D eigenvalue weighted by Gasteiger charge is 2.30. The molecule has 0 radical (unpaired) electrons. The molecule has 7 heteroatoms. The van der Waals surface area contributed by atoms with E-state index < -0.39 is 16.8 Å². The van der Waals surface area contributed by atoms with Crippen LogP contribution in [0.25, 0.3) is 10.9 Å². The molecule has 7 nitrogen and oxygen atoms in total. The summed E-state index contributed by atoms with van der Waals surface area (Å²) in [6.45, 7) is 0. The molecule has 116 valence electrons. The van der Waals surface area contributed by atoms with Crippen LogP contribution in [0.4, 0.5) is 5.69 Å². The number of aromatic nitrogens is 1. The molecule has 1 N–H and O–H groups in total. The van der Waals surface area contributed by atoms with Gasteiger partial charge in [-0.25, -0.2) is 0 Å². The van der Waals surface area contributed by atoms with Crippen molar-refractivity contribution < 1.29 is 19.2 Å². The maximum Gasteiger partial charge on any atom is 0.311 e. The van der Waals surface area contributed by atoms with Crippen LogP contribution in [0, 0.1) is 10.1 Å². The molecule has 3 aromatic rings. The van der Waals surface area contributed by atoms with E-state index in [0.717, 1.165) is 5.39 Å². The molecule has 3 rings (SSSR count). The average Bonchev–Trinajstić information content (AvgIpc) is 3.01. The zero-order valence-corrected chi connectivity index (χ0v) is 11.9. The number of hydrogen-bond donors (Lipinski definition) is 1. The summed E-state index contributed by atoms with van der Waals surface area (Å²) in [7, 11) is 0. The van der Waals surface area contributed by atoms with Gasteiger partial charge >= 0.3 is 11.7 Å². The fraction of sp³-hybridized carbons (Fsp3) is 0.125. The predicted octanol–water partition coefficient (Wildman–Crippen LogP) is 3.34. The fourth-order valence-electron chi connectivity index (χ4n) is 2.67. The molecule has 0 aliphatic heterocycles. The van der Waals surface area contributed by atoms with E-state index >= 15 is 0 Å². The van der Waals surface area contributed by atoms with E-state index in [1.165, 1.54) is 12.3 Å². The Balaban J connectivity index is 2.21. The maximum absolute atomic E-state index is 11.3. The van der Waals surface area contributed by atoms with Crippen molar-refractivity contribution in [1.82, 2.24) is 4.98 Å². The van der Waals surface area contributed by atoms with Gasteiger partial charge in [-0.05, 0) is 17.7 Å². The first-order chi connectivity index (χ1) is 11.1. The third kappa shape index (κ3) is 2.76. The number of carboxylic acids is 1. The number of carbonyl (C=O) groups is 1. The lowest BCUT2D eigenvalue weighted by Crippen LogP contribution is -2.09. The smallest absolute Gasteiger partial charge is 0.311 e. The van der Waals surface area contributed by atoms with Gasteiger partial charge in [0.1, 0.15) is 0 Å². The first kappa shape index (κ1) is 14.7. The van der Waals surface area contributed by atoms with Gasteiger partial charge in [-0.15, -0.1) is 0 Å². The lowest BCUT2D eigenvalue weighted by Gasteiger charge is -2.15. The number of fused-ring (bicyclic) bond motifs is 1. The third-order valence-electron chi connectivity index (χ3n) is 3.62. The molecule has 0 bridgehead atoms. The van der Waals surface area contributed by atoms with Crippen LogP contribution in [0.1, 0.15) is 23.7 Å². The zero-order chi connectivity index (χ0) is 16.4. The van der Waals surface area contributed by atoms with Crippen LogP contribution in [0.3, 0.4) is 0 Å². The Bertz CT molecular complexity index is 882. The summed E-state index contributed by atoms with van der Waals surface area (Å²) < 4.78 is 5.27. The van der Waals surface area contributed by atoms with Gasteiger partial charge in [0.05, 0.1) is 35.1 Å². The summed E-state index contributed by atoms with van der Waals surface area (Å²) in [5.41, 5.74) is 1.10. The lowest BCUT2D eigenvalue weighted by atomic mass is 9.90. The molecular weight excluding hydrogens is 300 g/mol. The quantitative estimate of drug-likeness (QED) is 0.572. The number of furan rings is 1. The molecular formula is C16H12N2O5. The average molecular weight is 312 g/mol. The number of pyridine rings is 1. The molecule has 0 amide bonds. The number of aliphatic carboxylic acids is 1. The van der Waals surface area contributed by atoms with E-state index in [1.807, 2.05) is 12.1 Å². The Hall–Kier alpha value is -3.22. The van der Waals surface area contributed by atoms with Gasteiger partial charge < -0.3 is 9.52 Å². The Labute approximate surface area is 130 Å². The SMILES string of the molecule is O=C(O)CC(c1occc1[N+](=O)[O-])c1ccnc2ccccc12. The molecule has 0 fully saturated rings. The van der Waals surface area contributed by atoms with Crippen molar-refractivity contribution in [3.8, 4) is 0 Å². The minimum absolute atomic E-state index is 0.0359.